The molecule has 0 spiro atoms. The molecule has 0 aromatic carbocycles. The minimum Gasteiger partial charge on any atom is -0.268 e. The lowest BCUT2D eigenvalue weighted by molar-refractivity contribution is 0.0954. The summed E-state index contributed by atoms with van der Waals surface area (Å²) in [6.07, 6.45) is 12.2. The van der Waals surface area contributed by atoms with Gasteiger partial charge < -0.3 is 0 Å². The third kappa shape index (κ3) is 3.46. The second-order valence-corrected chi connectivity index (χ2v) is 6.40. The van der Waals surface area contributed by atoms with Crippen molar-refractivity contribution in [3.63, 3.8) is 0 Å². The van der Waals surface area contributed by atoms with E-state index in [0.29, 0.717) is 22.9 Å². The second-order valence-electron chi connectivity index (χ2n) is 6.40. The molecule has 1 aliphatic rings. The SMILES string of the molecule is O=C(c1ccnc(-n2cncn2)c1)n1ccccc1=NC1CCCCC1. The van der Waals surface area contributed by atoms with Crippen LogP contribution in [-0.2, 0) is 0 Å². The molecule has 0 aliphatic heterocycles. The summed E-state index contributed by atoms with van der Waals surface area (Å²) in [7, 11) is 0. The molecule has 7 heteroatoms. The number of carbonyl (C=O) groups is 1. The standard InChI is InChI=1S/C19H20N6O/c26-19(15-9-10-21-18(12-15)25-14-20-13-22-25)24-11-5-4-8-17(24)23-16-6-2-1-3-7-16/h4-5,8-14,16H,1-3,6-7H2. The van der Waals surface area contributed by atoms with Crippen LogP contribution in [-0.4, -0.2) is 36.3 Å². The number of carbonyl (C=O) groups excluding carboxylic acids is 1. The second kappa shape index (κ2) is 7.43. The molecule has 1 saturated carbocycles. The number of pyridine rings is 2. The third-order valence-electron chi connectivity index (χ3n) is 4.59. The molecule has 0 saturated heterocycles. The van der Waals surface area contributed by atoms with Gasteiger partial charge in [-0.2, -0.15) is 5.10 Å². The summed E-state index contributed by atoms with van der Waals surface area (Å²) in [4.78, 5) is 26.1. The number of hydrogen-bond acceptors (Lipinski definition) is 5. The summed E-state index contributed by atoms with van der Waals surface area (Å²) in [5, 5.41) is 4.06. The van der Waals surface area contributed by atoms with Gasteiger partial charge in [0.15, 0.2) is 5.82 Å². The highest BCUT2D eigenvalue weighted by Gasteiger charge is 2.14. The van der Waals surface area contributed by atoms with E-state index >= 15 is 0 Å². The lowest BCUT2D eigenvalue weighted by atomic mass is 9.96. The Morgan fingerprint density at radius 2 is 2.04 bits per heavy atom. The molecule has 26 heavy (non-hydrogen) atoms. The van der Waals surface area contributed by atoms with Crippen LogP contribution >= 0.6 is 0 Å². The van der Waals surface area contributed by atoms with Crippen LogP contribution in [0.3, 0.4) is 0 Å². The van der Waals surface area contributed by atoms with Crippen LogP contribution in [0.2, 0.25) is 0 Å². The van der Waals surface area contributed by atoms with E-state index in [2.05, 4.69) is 15.1 Å². The van der Waals surface area contributed by atoms with E-state index in [9.17, 15) is 4.79 Å². The molecule has 0 radical (unpaired) electrons. The van der Waals surface area contributed by atoms with Gasteiger partial charge in [-0.15, -0.1) is 0 Å². The zero-order chi connectivity index (χ0) is 17.8. The molecule has 0 N–H and O–H groups in total. The molecular formula is C19H20N6O. The van der Waals surface area contributed by atoms with Gasteiger partial charge in [-0.3, -0.25) is 14.4 Å². The Balaban J connectivity index is 1.69. The number of hydrogen-bond donors (Lipinski definition) is 0. The smallest absolute Gasteiger partial charge is 0.263 e. The topological polar surface area (TPSA) is 78.0 Å². The van der Waals surface area contributed by atoms with E-state index in [-0.39, 0.29) is 5.91 Å². The molecule has 3 aromatic heterocycles. The molecule has 4 rings (SSSR count). The number of rotatable bonds is 3. The van der Waals surface area contributed by atoms with Gasteiger partial charge in [0.05, 0.1) is 6.04 Å². The maximum absolute atomic E-state index is 13.1. The summed E-state index contributed by atoms with van der Waals surface area (Å²) in [5.74, 6) is 0.416. The first-order valence-corrected chi connectivity index (χ1v) is 8.88. The Morgan fingerprint density at radius 1 is 1.15 bits per heavy atom. The average molecular weight is 348 g/mol. The van der Waals surface area contributed by atoms with Crippen LogP contribution in [0, 0.1) is 0 Å². The van der Waals surface area contributed by atoms with Crippen molar-refractivity contribution in [3.8, 4) is 5.82 Å². The minimum atomic E-state index is -0.135. The Kier molecular flexibility index (Phi) is 4.68. The molecule has 0 bridgehead atoms. The molecular weight excluding hydrogens is 328 g/mol. The molecule has 0 unspecified atom stereocenters. The summed E-state index contributed by atoms with van der Waals surface area (Å²) >= 11 is 0. The van der Waals surface area contributed by atoms with Gasteiger partial charge in [-0.25, -0.2) is 14.6 Å². The highest BCUT2D eigenvalue weighted by Crippen LogP contribution is 2.19. The summed E-state index contributed by atoms with van der Waals surface area (Å²) in [6.45, 7) is 0. The third-order valence-corrected chi connectivity index (χ3v) is 4.59. The lowest BCUT2D eigenvalue weighted by Crippen LogP contribution is -2.29. The van der Waals surface area contributed by atoms with E-state index in [4.69, 9.17) is 4.99 Å². The van der Waals surface area contributed by atoms with Crippen molar-refractivity contribution in [2.45, 2.75) is 38.1 Å². The predicted molar refractivity (Wildman–Crippen MR) is 95.8 cm³/mol. The Labute approximate surface area is 151 Å². The van der Waals surface area contributed by atoms with E-state index in [1.54, 1.807) is 35.4 Å². The molecule has 3 heterocycles. The molecule has 1 fully saturated rings. The van der Waals surface area contributed by atoms with Gasteiger partial charge in [0, 0.05) is 18.0 Å². The van der Waals surface area contributed by atoms with Crippen LogP contribution in [0.25, 0.3) is 5.82 Å². The van der Waals surface area contributed by atoms with E-state index in [1.807, 2.05) is 18.2 Å². The Morgan fingerprint density at radius 3 is 2.85 bits per heavy atom. The normalized spacial score (nSPS) is 15.9. The van der Waals surface area contributed by atoms with Gasteiger partial charge >= 0.3 is 0 Å². The number of nitrogens with zero attached hydrogens (tertiary/aromatic N) is 6. The highest BCUT2D eigenvalue weighted by atomic mass is 16.2. The van der Waals surface area contributed by atoms with Gasteiger partial charge in [0.1, 0.15) is 18.1 Å². The van der Waals surface area contributed by atoms with Crippen LogP contribution in [0.4, 0.5) is 0 Å². The predicted octanol–water partition coefficient (Wildman–Crippen LogP) is 2.39. The van der Waals surface area contributed by atoms with Crippen LogP contribution in [0.15, 0.2) is 60.4 Å². The monoisotopic (exact) mass is 348 g/mol. The highest BCUT2D eigenvalue weighted by molar-refractivity contribution is 5.96. The van der Waals surface area contributed by atoms with E-state index in [1.165, 1.54) is 30.3 Å². The molecule has 132 valence electrons. The van der Waals surface area contributed by atoms with Gasteiger partial charge in [-0.05, 0) is 37.1 Å². The van der Waals surface area contributed by atoms with Crippen molar-refractivity contribution < 1.29 is 4.79 Å². The Hall–Kier alpha value is -3.09. The maximum Gasteiger partial charge on any atom is 0.263 e. The molecule has 3 aromatic rings. The van der Waals surface area contributed by atoms with Crippen molar-refractivity contribution in [2.24, 2.45) is 4.99 Å². The molecule has 0 amide bonds. The summed E-state index contributed by atoms with van der Waals surface area (Å²) < 4.78 is 3.13. The molecule has 7 nitrogen and oxygen atoms in total. The lowest BCUT2D eigenvalue weighted by Gasteiger charge is -2.17. The number of aromatic nitrogens is 5. The fraction of sp³-hybridized carbons (Fsp3) is 0.316. The zero-order valence-corrected chi connectivity index (χ0v) is 14.4. The average Bonchev–Trinajstić information content (AvgIpc) is 3.24. The van der Waals surface area contributed by atoms with Crippen molar-refractivity contribution in [1.82, 2.24) is 24.3 Å². The van der Waals surface area contributed by atoms with Crippen LogP contribution < -0.4 is 5.49 Å². The van der Waals surface area contributed by atoms with Crippen LogP contribution in [0.5, 0.6) is 0 Å². The van der Waals surface area contributed by atoms with Gasteiger partial charge in [0.2, 0.25) is 0 Å². The summed E-state index contributed by atoms with van der Waals surface area (Å²) in [5.41, 5.74) is 1.23. The largest absolute Gasteiger partial charge is 0.268 e. The first-order valence-electron chi connectivity index (χ1n) is 8.88. The quantitative estimate of drug-likeness (QED) is 0.728. The molecule has 0 atom stereocenters. The van der Waals surface area contributed by atoms with Crippen molar-refractivity contribution in [1.29, 1.82) is 0 Å². The Bertz CT molecular complexity index is 954. The van der Waals surface area contributed by atoms with E-state index in [0.717, 1.165) is 12.8 Å². The van der Waals surface area contributed by atoms with Crippen LogP contribution in [0.1, 0.15) is 42.5 Å². The van der Waals surface area contributed by atoms with Gasteiger partial charge in [0.25, 0.3) is 5.91 Å². The molecule has 1 aliphatic carbocycles. The fourth-order valence-electron chi connectivity index (χ4n) is 3.25. The zero-order valence-electron chi connectivity index (χ0n) is 14.4. The van der Waals surface area contributed by atoms with Crippen molar-refractivity contribution in [2.75, 3.05) is 0 Å². The maximum atomic E-state index is 13.1. The first-order chi connectivity index (χ1) is 12.8. The van der Waals surface area contributed by atoms with E-state index < -0.39 is 0 Å². The van der Waals surface area contributed by atoms with Gasteiger partial charge in [-0.1, -0.05) is 25.3 Å². The minimum absolute atomic E-state index is 0.135. The van der Waals surface area contributed by atoms with Crippen molar-refractivity contribution in [3.05, 3.63) is 66.4 Å². The summed E-state index contributed by atoms with van der Waals surface area (Å²) in [6, 6.07) is 9.37. The fourth-order valence-corrected chi connectivity index (χ4v) is 3.25. The van der Waals surface area contributed by atoms with Crippen molar-refractivity contribution >= 4 is 5.91 Å². The first kappa shape index (κ1) is 16.4.